The highest BCUT2D eigenvalue weighted by Gasteiger charge is 2.17. The summed E-state index contributed by atoms with van der Waals surface area (Å²) in [6.45, 7) is 0. The van der Waals surface area contributed by atoms with Gasteiger partial charge in [0, 0.05) is 22.7 Å². The van der Waals surface area contributed by atoms with Gasteiger partial charge in [0.2, 0.25) is 5.91 Å². The van der Waals surface area contributed by atoms with Gasteiger partial charge in [0.15, 0.2) is 0 Å². The number of hydrogen-bond acceptors (Lipinski definition) is 3. The normalized spacial score (nSPS) is 13.5. The van der Waals surface area contributed by atoms with Gasteiger partial charge >= 0.3 is 0 Å². The van der Waals surface area contributed by atoms with Gasteiger partial charge in [-0.3, -0.25) is 9.59 Å². The monoisotopic (exact) mass is 320 g/mol. The molecule has 1 aliphatic rings. The predicted octanol–water partition coefficient (Wildman–Crippen LogP) is 3.26. The minimum atomic E-state index is -0.255. The molecule has 0 spiro atoms. The van der Waals surface area contributed by atoms with Gasteiger partial charge in [-0.05, 0) is 55.2 Å². The molecule has 5 nitrogen and oxygen atoms in total. The fourth-order valence-corrected chi connectivity index (χ4v) is 3.21. The van der Waals surface area contributed by atoms with Crippen LogP contribution in [0.5, 0.6) is 0 Å². The van der Waals surface area contributed by atoms with Crippen molar-refractivity contribution >= 4 is 28.6 Å². The van der Waals surface area contributed by atoms with E-state index in [1.54, 1.807) is 30.5 Å². The third-order valence-corrected chi connectivity index (χ3v) is 4.29. The average Bonchev–Trinajstić information content (AvgIpc) is 3.25. The molecule has 0 fully saturated rings. The molecule has 0 saturated carbocycles. The Bertz CT molecular complexity index is 997. The Kier molecular flexibility index (Phi) is 3.54. The van der Waals surface area contributed by atoms with Crippen LogP contribution in [0.2, 0.25) is 0 Å². The number of carbonyl (C=O) groups excluding carboxylic acids is 1. The Morgan fingerprint density at radius 3 is 2.92 bits per heavy atom. The van der Waals surface area contributed by atoms with E-state index in [-0.39, 0.29) is 11.5 Å². The fraction of sp³-hybridized carbons (Fsp3) is 0.158. The van der Waals surface area contributed by atoms with Gasteiger partial charge in [0.25, 0.3) is 5.56 Å². The standard InChI is InChI=1S/C19H16N2O3/c22-18(9-7-13-3-2-10-24-13)20-12-6-8-15-14-4-1-5-16(14)19(23)21-17(15)11-12/h2-3,6-11H,1,4-5H2,(H,20,22)(H,21,23)/b9-7+. The molecular formula is C19H16N2O3. The van der Waals surface area contributed by atoms with E-state index in [1.807, 2.05) is 12.1 Å². The van der Waals surface area contributed by atoms with E-state index in [2.05, 4.69) is 10.3 Å². The summed E-state index contributed by atoms with van der Waals surface area (Å²) in [6.07, 6.45) is 7.37. The lowest BCUT2D eigenvalue weighted by Gasteiger charge is -2.08. The van der Waals surface area contributed by atoms with Crippen molar-refractivity contribution in [2.45, 2.75) is 19.3 Å². The van der Waals surface area contributed by atoms with Crippen molar-refractivity contribution in [2.24, 2.45) is 0 Å². The highest BCUT2D eigenvalue weighted by Crippen LogP contribution is 2.27. The summed E-state index contributed by atoms with van der Waals surface area (Å²) in [5, 5.41) is 3.86. The van der Waals surface area contributed by atoms with Crippen LogP contribution in [-0.4, -0.2) is 10.9 Å². The van der Waals surface area contributed by atoms with Gasteiger partial charge in [-0.25, -0.2) is 0 Å². The molecule has 4 rings (SSSR count). The predicted molar refractivity (Wildman–Crippen MR) is 93.0 cm³/mol. The Hall–Kier alpha value is -3.08. The van der Waals surface area contributed by atoms with Crippen LogP contribution in [0.25, 0.3) is 17.0 Å². The van der Waals surface area contributed by atoms with E-state index in [0.717, 1.165) is 41.3 Å². The van der Waals surface area contributed by atoms with Crippen LogP contribution in [0.1, 0.15) is 23.3 Å². The van der Waals surface area contributed by atoms with Crippen LogP contribution in [0.3, 0.4) is 0 Å². The molecule has 0 bridgehead atoms. The van der Waals surface area contributed by atoms with Crippen molar-refractivity contribution in [3.63, 3.8) is 0 Å². The molecule has 24 heavy (non-hydrogen) atoms. The minimum absolute atomic E-state index is 0.0174. The number of furan rings is 1. The second-order valence-corrected chi connectivity index (χ2v) is 5.86. The number of H-pyrrole nitrogens is 1. The van der Waals surface area contributed by atoms with E-state index in [0.29, 0.717) is 11.4 Å². The maximum Gasteiger partial charge on any atom is 0.251 e. The van der Waals surface area contributed by atoms with Crippen LogP contribution >= 0.6 is 0 Å². The number of aromatic nitrogens is 1. The number of carbonyl (C=O) groups is 1. The van der Waals surface area contributed by atoms with Gasteiger partial charge in [0.05, 0.1) is 11.8 Å². The number of anilines is 1. The van der Waals surface area contributed by atoms with Crippen molar-refractivity contribution in [1.82, 2.24) is 4.98 Å². The Balaban J connectivity index is 1.60. The third kappa shape index (κ3) is 2.65. The Morgan fingerprint density at radius 1 is 1.21 bits per heavy atom. The molecule has 2 aromatic heterocycles. The summed E-state index contributed by atoms with van der Waals surface area (Å²) in [5.74, 6) is 0.359. The quantitative estimate of drug-likeness (QED) is 0.727. The second-order valence-electron chi connectivity index (χ2n) is 5.86. The second kappa shape index (κ2) is 5.85. The zero-order valence-corrected chi connectivity index (χ0v) is 13.0. The molecule has 2 heterocycles. The number of benzene rings is 1. The van der Waals surface area contributed by atoms with Gasteiger partial charge in [-0.2, -0.15) is 0 Å². The lowest BCUT2D eigenvalue weighted by Crippen LogP contribution is -2.13. The van der Waals surface area contributed by atoms with Crippen molar-refractivity contribution in [2.75, 3.05) is 5.32 Å². The number of pyridine rings is 1. The topological polar surface area (TPSA) is 75.1 Å². The van der Waals surface area contributed by atoms with Gasteiger partial charge in [-0.1, -0.05) is 6.07 Å². The SMILES string of the molecule is O=C(/C=C/c1ccco1)Nc1ccc2c3c(c(=O)[nH]c2c1)CCC3. The lowest BCUT2D eigenvalue weighted by atomic mass is 10.1. The van der Waals surface area contributed by atoms with Crippen molar-refractivity contribution in [1.29, 1.82) is 0 Å². The van der Waals surface area contributed by atoms with Crippen LogP contribution in [0.4, 0.5) is 5.69 Å². The molecule has 0 unspecified atom stereocenters. The maximum atomic E-state index is 12.1. The first-order chi connectivity index (χ1) is 11.7. The minimum Gasteiger partial charge on any atom is -0.465 e. The molecule has 1 aliphatic carbocycles. The molecule has 0 aliphatic heterocycles. The molecule has 5 heteroatoms. The number of aromatic amines is 1. The first-order valence-corrected chi connectivity index (χ1v) is 7.91. The third-order valence-electron chi connectivity index (χ3n) is 4.29. The van der Waals surface area contributed by atoms with Gasteiger partial charge in [0.1, 0.15) is 5.76 Å². The van der Waals surface area contributed by atoms with Gasteiger partial charge in [-0.15, -0.1) is 0 Å². The molecule has 0 radical (unpaired) electrons. The first-order valence-electron chi connectivity index (χ1n) is 7.91. The molecule has 1 amide bonds. The van der Waals surface area contributed by atoms with E-state index in [1.165, 1.54) is 6.08 Å². The van der Waals surface area contributed by atoms with Crippen LogP contribution in [-0.2, 0) is 17.6 Å². The highest BCUT2D eigenvalue weighted by atomic mass is 16.3. The van der Waals surface area contributed by atoms with Crippen molar-refractivity contribution in [3.05, 3.63) is 69.9 Å². The maximum absolute atomic E-state index is 12.1. The highest BCUT2D eigenvalue weighted by molar-refractivity contribution is 6.02. The summed E-state index contributed by atoms with van der Waals surface area (Å²) in [6, 6.07) is 9.15. The Labute approximate surface area is 138 Å². The summed E-state index contributed by atoms with van der Waals surface area (Å²) >= 11 is 0. The number of aryl methyl sites for hydroxylation is 1. The molecule has 0 atom stereocenters. The molecule has 120 valence electrons. The zero-order chi connectivity index (χ0) is 16.5. The average molecular weight is 320 g/mol. The molecule has 2 N–H and O–H groups in total. The summed E-state index contributed by atoms with van der Waals surface area (Å²) in [5.41, 5.74) is 3.43. The van der Waals surface area contributed by atoms with Crippen LogP contribution in [0.15, 0.2) is 51.9 Å². The molecule has 1 aromatic carbocycles. The number of rotatable bonds is 3. The largest absolute Gasteiger partial charge is 0.465 e. The Morgan fingerprint density at radius 2 is 2.08 bits per heavy atom. The first kappa shape index (κ1) is 14.5. The van der Waals surface area contributed by atoms with Crippen molar-refractivity contribution in [3.8, 4) is 0 Å². The summed E-state index contributed by atoms with van der Waals surface area (Å²) < 4.78 is 5.14. The summed E-state index contributed by atoms with van der Waals surface area (Å²) in [4.78, 5) is 27.0. The van der Waals surface area contributed by atoms with Crippen molar-refractivity contribution < 1.29 is 9.21 Å². The molecule has 3 aromatic rings. The van der Waals surface area contributed by atoms with Crippen LogP contribution in [0, 0.1) is 0 Å². The number of fused-ring (bicyclic) bond motifs is 3. The molecule has 0 saturated heterocycles. The summed E-state index contributed by atoms with van der Waals surface area (Å²) in [7, 11) is 0. The van der Waals surface area contributed by atoms with Crippen LogP contribution < -0.4 is 10.9 Å². The lowest BCUT2D eigenvalue weighted by molar-refractivity contribution is -0.111. The number of amides is 1. The number of nitrogens with one attached hydrogen (secondary N) is 2. The zero-order valence-electron chi connectivity index (χ0n) is 13.0. The van der Waals surface area contributed by atoms with Gasteiger partial charge < -0.3 is 14.7 Å². The van der Waals surface area contributed by atoms with E-state index >= 15 is 0 Å². The smallest absolute Gasteiger partial charge is 0.251 e. The molecular weight excluding hydrogens is 304 g/mol. The van der Waals surface area contributed by atoms with E-state index < -0.39 is 0 Å². The fourth-order valence-electron chi connectivity index (χ4n) is 3.21. The van der Waals surface area contributed by atoms with E-state index in [4.69, 9.17) is 4.42 Å². The van der Waals surface area contributed by atoms with E-state index in [9.17, 15) is 9.59 Å². The number of hydrogen-bond donors (Lipinski definition) is 2.